The Morgan fingerprint density at radius 2 is 1.64 bits per heavy atom. The van der Waals surface area contributed by atoms with Gasteiger partial charge in [-0.1, -0.05) is 31.0 Å². The van der Waals surface area contributed by atoms with Gasteiger partial charge < -0.3 is 34.9 Å². The summed E-state index contributed by atoms with van der Waals surface area (Å²) in [7, 11) is 0. The molecule has 2 atom stereocenters. The lowest BCUT2D eigenvalue weighted by atomic mass is 9.72. The van der Waals surface area contributed by atoms with E-state index in [1.54, 1.807) is 41.3 Å². The van der Waals surface area contributed by atoms with Crippen LogP contribution >= 0.6 is 0 Å². The fourth-order valence-electron chi connectivity index (χ4n) is 8.44. The number of aromatic amines is 1. The topological polar surface area (TPSA) is 144 Å². The Hall–Kier alpha value is -4.78. The first-order valence-corrected chi connectivity index (χ1v) is 19.7. The number of benzene rings is 3. The molecular formula is C43H51FN4O7. The summed E-state index contributed by atoms with van der Waals surface area (Å²) in [6.07, 6.45) is 5.78. The van der Waals surface area contributed by atoms with Crippen LogP contribution in [-0.2, 0) is 14.9 Å². The van der Waals surface area contributed by atoms with E-state index in [0.29, 0.717) is 72.8 Å². The highest BCUT2D eigenvalue weighted by Crippen LogP contribution is 2.40. The summed E-state index contributed by atoms with van der Waals surface area (Å²) in [6.45, 7) is 5.30. The normalized spacial score (nSPS) is 21.0. The van der Waals surface area contributed by atoms with Crippen molar-refractivity contribution < 1.29 is 33.7 Å². The maximum absolute atomic E-state index is 14.0. The fourth-order valence-corrected chi connectivity index (χ4v) is 8.44. The molecule has 55 heavy (non-hydrogen) atoms. The number of hydrogen-bond acceptors (Lipinski definition) is 9. The number of aliphatic hydroxyl groups is 1. The Morgan fingerprint density at radius 3 is 2.35 bits per heavy atom. The molecule has 0 radical (unpaired) electrons. The largest absolute Gasteiger partial charge is 0.506 e. The SMILES string of the molecule is O=C(c1ccc(OCCCCCCNC[C@H](O)c2ccc(O)c3[nH]c(=O)ccc23)cc1)N1CCC(C(=O)O[C@H]2CN3CCC2CC3)(c2ccc(F)cc2)CC1. The molecule has 0 unspecified atom stereocenters. The van der Waals surface area contributed by atoms with Crippen molar-refractivity contribution in [2.24, 2.45) is 5.92 Å². The zero-order chi connectivity index (χ0) is 38.4. The van der Waals surface area contributed by atoms with Crippen molar-refractivity contribution in [3.8, 4) is 11.5 Å². The van der Waals surface area contributed by atoms with E-state index < -0.39 is 11.5 Å². The predicted octanol–water partition coefficient (Wildman–Crippen LogP) is 5.45. The smallest absolute Gasteiger partial charge is 0.317 e. The van der Waals surface area contributed by atoms with Gasteiger partial charge in [0.05, 0.1) is 23.6 Å². The summed E-state index contributed by atoms with van der Waals surface area (Å²) < 4.78 is 26.1. The first-order chi connectivity index (χ1) is 26.7. The van der Waals surface area contributed by atoms with Gasteiger partial charge in [-0.3, -0.25) is 19.3 Å². The number of rotatable bonds is 15. The van der Waals surface area contributed by atoms with Gasteiger partial charge in [-0.25, -0.2) is 4.39 Å². The van der Waals surface area contributed by atoms with Crippen LogP contribution in [0.2, 0.25) is 0 Å². The fraction of sp³-hybridized carbons (Fsp3) is 0.465. The molecule has 0 spiro atoms. The van der Waals surface area contributed by atoms with E-state index in [9.17, 15) is 29.0 Å². The molecule has 4 fully saturated rings. The van der Waals surface area contributed by atoms with Crippen molar-refractivity contribution in [1.29, 1.82) is 0 Å². The van der Waals surface area contributed by atoms with Gasteiger partial charge in [0.2, 0.25) is 5.56 Å². The van der Waals surface area contributed by atoms with Gasteiger partial charge in [-0.2, -0.15) is 0 Å². The summed E-state index contributed by atoms with van der Waals surface area (Å²) in [6, 6.07) is 19.5. The molecule has 1 amide bonds. The van der Waals surface area contributed by atoms with E-state index >= 15 is 0 Å². The molecule has 5 heterocycles. The molecule has 292 valence electrons. The number of nitrogens with one attached hydrogen (secondary N) is 2. The van der Waals surface area contributed by atoms with Gasteiger partial charge in [0.15, 0.2) is 0 Å². The number of hydrogen-bond donors (Lipinski definition) is 4. The first-order valence-electron chi connectivity index (χ1n) is 19.7. The minimum absolute atomic E-state index is 0.0329. The number of nitrogens with zero attached hydrogens (tertiary/aromatic N) is 2. The molecule has 0 saturated carbocycles. The van der Waals surface area contributed by atoms with Crippen molar-refractivity contribution in [1.82, 2.24) is 20.1 Å². The molecule has 3 aromatic carbocycles. The van der Waals surface area contributed by atoms with E-state index in [1.807, 2.05) is 12.1 Å². The first kappa shape index (κ1) is 38.5. The molecule has 4 N–H and O–H groups in total. The molecule has 2 bridgehead atoms. The molecule has 8 rings (SSSR count). The molecule has 4 aliphatic rings. The molecule has 12 heteroatoms. The number of phenols is 1. The van der Waals surface area contributed by atoms with E-state index in [-0.39, 0.29) is 35.1 Å². The van der Waals surface area contributed by atoms with E-state index in [2.05, 4.69) is 15.2 Å². The summed E-state index contributed by atoms with van der Waals surface area (Å²) in [5.41, 5.74) is 1.01. The Kier molecular flexibility index (Phi) is 12.1. The monoisotopic (exact) mass is 754 g/mol. The number of fused-ring (bicyclic) bond motifs is 4. The van der Waals surface area contributed by atoms with Crippen LogP contribution in [0.4, 0.5) is 4.39 Å². The number of carbonyl (C=O) groups excluding carboxylic acids is 2. The number of phenolic OH excluding ortho intramolecular Hbond substituents is 1. The number of halogens is 1. The number of H-pyrrole nitrogens is 1. The molecule has 4 aliphatic heterocycles. The van der Waals surface area contributed by atoms with Gasteiger partial charge in [-0.15, -0.1) is 0 Å². The highest BCUT2D eigenvalue weighted by molar-refractivity contribution is 5.95. The van der Waals surface area contributed by atoms with Crippen LogP contribution in [0.25, 0.3) is 10.9 Å². The van der Waals surface area contributed by atoms with E-state index in [4.69, 9.17) is 9.47 Å². The third-order valence-electron chi connectivity index (χ3n) is 11.8. The van der Waals surface area contributed by atoms with Crippen LogP contribution in [0.3, 0.4) is 0 Å². The number of esters is 1. The summed E-state index contributed by atoms with van der Waals surface area (Å²) in [4.78, 5) is 45.9. The quantitative estimate of drug-likeness (QED) is 0.0921. The summed E-state index contributed by atoms with van der Waals surface area (Å²) in [5.74, 6) is 0.327. The zero-order valence-corrected chi connectivity index (χ0v) is 31.2. The standard InChI is InChI=1S/C43H51FN4O7/c44-32-9-7-31(8-10-32)43(42(53)55-38-28-47-22-17-29(38)18-23-47)19-24-48(25-20-43)41(52)30-5-11-33(12-6-30)54-26-4-2-1-3-21-45-27-37(50)34-13-15-36(49)40-35(34)14-16-39(51)46-40/h5-16,29,37-38,45,49-50H,1-4,17-28H2,(H,46,51)/t37-,38-/m0/s1. The lowest BCUT2D eigenvalue weighted by molar-refractivity contribution is -0.167. The van der Waals surface area contributed by atoms with E-state index in [1.165, 1.54) is 24.3 Å². The number of piperidine rings is 4. The van der Waals surface area contributed by atoms with Crippen molar-refractivity contribution in [3.63, 3.8) is 0 Å². The third-order valence-corrected chi connectivity index (χ3v) is 11.8. The molecule has 4 aromatic rings. The van der Waals surface area contributed by atoms with Crippen LogP contribution in [0, 0.1) is 11.7 Å². The Morgan fingerprint density at radius 1 is 0.909 bits per heavy atom. The summed E-state index contributed by atoms with van der Waals surface area (Å²) >= 11 is 0. The predicted molar refractivity (Wildman–Crippen MR) is 207 cm³/mol. The molecule has 4 saturated heterocycles. The highest BCUT2D eigenvalue weighted by atomic mass is 19.1. The van der Waals surface area contributed by atoms with Crippen molar-refractivity contribution in [3.05, 3.63) is 106 Å². The number of ether oxygens (including phenoxy) is 2. The maximum Gasteiger partial charge on any atom is 0.317 e. The lowest BCUT2D eigenvalue weighted by Crippen LogP contribution is -2.55. The second-order valence-electron chi connectivity index (χ2n) is 15.3. The number of pyridine rings is 1. The van der Waals surface area contributed by atoms with Crippen molar-refractivity contribution >= 4 is 22.8 Å². The second kappa shape index (κ2) is 17.3. The minimum atomic E-state index is -0.929. The Balaban J connectivity index is 0.822. The number of aromatic hydroxyl groups is 1. The number of amides is 1. The van der Waals surface area contributed by atoms with Gasteiger partial charge >= 0.3 is 5.97 Å². The third kappa shape index (κ3) is 8.87. The van der Waals surface area contributed by atoms with Gasteiger partial charge in [0.25, 0.3) is 5.91 Å². The lowest BCUT2D eigenvalue weighted by Gasteiger charge is -2.46. The Labute approximate surface area is 320 Å². The minimum Gasteiger partial charge on any atom is -0.506 e. The zero-order valence-electron chi connectivity index (χ0n) is 31.2. The van der Waals surface area contributed by atoms with E-state index in [0.717, 1.165) is 70.3 Å². The number of aliphatic hydroxyl groups excluding tert-OH is 1. The highest BCUT2D eigenvalue weighted by Gasteiger charge is 2.47. The molecule has 11 nitrogen and oxygen atoms in total. The van der Waals surface area contributed by atoms with Gasteiger partial charge in [0.1, 0.15) is 23.4 Å². The average molecular weight is 755 g/mol. The van der Waals surface area contributed by atoms with Crippen LogP contribution in [-0.4, -0.2) is 95.4 Å². The Bertz CT molecular complexity index is 1990. The second-order valence-corrected chi connectivity index (χ2v) is 15.3. The molecule has 1 aromatic heterocycles. The van der Waals surface area contributed by atoms with Gasteiger partial charge in [-0.05, 0) is 124 Å². The van der Waals surface area contributed by atoms with Crippen molar-refractivity contribution in [2.75, 3.05) is 52.4 Å². The van der Waals surface area contributed by atoms with Gasteiger partial charge in [0, 0.05) is 43.2 Å². The van der Waals surface area contributed by atoms with Crippen LogP contribution in [0.5, 0.6) is 11.5 Å². The van der Waals surface area contributed by atoms with Crippen LogP contribution in [0.15, 0.2) is 77.6 Å². The summed E-state index contributed by atoms with van der Waals surface area (Å²) in [5, 5.41) is 24.7. The molecule has 0 aliphatic carbocycles. The number of unbranched alkanes of at least 4 members (excludes halogenated alkanes) is 3. The van der Waals surface area contributed by atoms with Crippen molar-refractivity contribution in [2.45, 2.75) is 69.0 Å². The van der Waals surface area contributed by atoms with Crippen LogP contribution < -0.4 is 15.6 Å². The number of likely N-dealkylation sites (tertiary alicyclic amines) is 1. The maximum atomic E-state index is 14.0. The number of aromatic nitrogens is 1. The average Bonchev–Trinajstić information content (AvgIpc) is 3.21. The number of carbonyl (C=O) groups is 2. The molecular weight excluding hydrogens is 703 g/mol. The van der Waals surface area contributed by atoms with Crippen LogP contribution in [0.1, 0.15) is 79.0 Å².